The summed E-state index contributed by atoms with van der Waals surface area (Å²) in [5, 5.41) is 1.20. The molecule has 0 aliphatic heterocycles. The minimum absolute atomic E-state index is 0.200. The number of nitrogens with two attached hydrogens (primary N) is 1. The number of benzene rings is 1. The summed E-state index contributed by atoms with van der Waals surface area (Å²) in [6, 6.07) is 5.93. The zero-order valence-electron chi connectivity index (χ0n) is 10.7. The van der Waals surface area contributed by atoms with Gasteiger partial charge in [0.1, 0.15) is 0 Å². The SMILES string of the molecule is C=CCCCCCC(N)Cc1ccc(Cl)c(Cl)c1. The minimum atomic E-state index is 0.200. The Labute approximate surface area is 120 Å². The monoisotopic (exact) mass is 285 g/mol. The van der Waals surface area contributed by atoms with Crippen LogP contribution in [-0.4, -0.2) is 6.04 Å². The molecule has 1 aromatic carbocycles. The third-order valence-corrected chi connectivity index (χ3v) is 3.70. The third kappa shape index (κ3) is 5.90. The molecule has 1 aromatic rings. The van der Waals surface area contributed by atoms with Crippen LogP contribution in [0.25, 0.3) is 0 Å². The molecule has 1 unspecified atom stereocenters. The highest BCUT2D eigenvalue weighted by molar-refractivity contribution is 6.42. The zero-order chi connectivity index (χ0) is 13.4. The Morgan fingerprint density at radius 1 is 1.17 bits per heavy atom. The summed E-state index contributed by atoms with van der Waals surface area (Å²) < 4.78 is 0. The summed E-state index contributed by atoms with van der Waals surface area (Å²) in [6.07, 6.45) is 8.59. The quantitative estimate of drug-likeness (QED) is 0.528. The molecule has 1 atom stereocenters. The lowest BCUT2D eigenvalue weighted by Crippen LogP contribution is -2.22. The summed E-state index contributed by atoms with van der Waals surface area (Å²) in [4.78, 5) is 0. The first-order valence-electron chi connectivity index (χ1n) is 6.44. The van der Waals surface area contributed by atoms with Gasteiger partial charge in [0.2, 0.25) is 0 Å². The van der Waals surface area contributed by atoms with Gasteiger partial charge in [0, 0.05) is 6.04 Å². The molecule has 18 heavy (non-hydrogen) atoms. The van der Waals surface area contributed by atoms with Crippen LogP contribution in [0.4, 0.5) is 0 Å². The maximum Gasteiger partial charge on any atom is 0.0595 e. The second-order valence-electron chi connectivity index (χ2n) is 4.64. The molecule has 2 N–H and O–H groups in total. The van der Waals surface area contributed by atoms with E-state index in [4.69, 9.17) is 28.9 Å². The number of hydrogen-bond acceptors (Lipinski definition) is 1. The molecule has 100 valence electrons. The Morgan fingerprint density at radius 2 is 1.94 bits per heavy atom. The van der Waals surface area contributed by atoms with E-state index in [2.05, 4.69) is 6.58 Å². The third-order valence-electron chi connectivity index (χ3n) is 2.97. The molecule has 0 spiro atoms. The minimum Gasteiger partial charge on any atom is -0.327 e. The van der Waals surface area contributed by atoms with Crippen molar-refractivity contribution in [2.24, 2.45) is 5.73 Å². The van der Waals surface area contributed by atoms with Gasteiger partial charge in [0.25, 0.3) is 0 Å². The second-order valence-corrected chi connectivity index (χ2v) is 5.45. The molecule has 0 fully saturated rings. The van der Waals surface area contributed by atoms with Crippen molar-refractivity contribution >= 4 is 23.2 Å². The van der Waals surface area contributed by atoms with Crippen molar-refractivity contribution in [3.63, 3.8) is 0 Å². The van der Waals surface area contributed by atoms with Gasteiger partial charge in [-0.3, -0.25) is 0 Å². The van der Waals surface area contributed by atoms with Crippen LogP contribution >= 0.6 is 23.2 Å². The van der Waals surface area contributed by atoms with Crippen LogP contribution in [0.2, 0.25) is 10.0 Å². The van der Waals surface area contributed by atoms with Crippen molar-refractivity contribution in [3.05, 3.63) is 46.5 Å². The fraction of sp³-hybridized carbons (Fsp3) is 0.467. The van der Waals surface area contributed by atoms with E-state index in [0.717, 1.165) is 24.8 Å². The summed E-state index contributed by atoms with van der Waals surface area (Å²) >= 11 is 11.9. The van der Waals surface area contributed by atoms with Gasteiger partial charge in [0.15, 0.2) is 0 Å². The van der Waals surface area contributed by atoms with Crippen LogP contribution in [0.15, 0.2) is 30.9 Å². The normalized spacial score (nSPS) is 12.4. The largest absolute Gasteiger partial charge is 0.327 e. The van der Waals surface area contributed by atoms with Crippen molar-refractivity contribution in [1.82, 2.24) is 0 Å². The number of hydrogen-bond donors (Lipinski definition) is 1. The fourth-order valence-electron chi connectivity index (χ4n) is 1.94. The first-order chi connectivity index (χ1) is 8.63. The summed E-state index contributed by atoms with van der Waals surface area (Å²) in [7, 11) is 0. The van der Waals surface area contributed by atoms with Gasteiger partial charge in [-0.15, -0.1) is 6.58 Å². The van der Waals surface area contributed by atoms with Gasteiger partial charge in [-0.05, 0) is 43.4 Å². The summed E-state index contributed by atoms with van der Waals surface area (Å²) in [5.41, 5.74) is 7.27. The van der Waals surface area contributed by atoms with E-state index in [1.54, 1.807) is 0 Å². The Morgan fingerprint density at radius 3 is 2.61 bits per heavy atom. The van der Waals surface area contributed by atoms with Gasteiger partial charge in [-0.1, -0.05) is 48.2 Å². The van der Waals surface area contributed by atoms with Crippen molar-refractivity contribution in [1.29, 1.82) is 0 Å². The van der Waals surface area contributed by atoms with E-state index in [9.17, 15) is 0 Å². The number of allylic oxidation sites excluding steroid dienone is 1. The molecular weight excluding hydrogens is 265 g/mol. The Balaban J connectivity index is 2.28. The first kappa shape index (κ1) is 15.6. The van der Waals surface area contributed by atoms with Crippen molar-refractivity contribution in [2.75, 3.05) is 0 Å². The fourth-order valence-corrected chi connectivity index (χ4v) is 2.26. The molecular formula is C15H21Cl2N. The molecule has 1 rings (SSSR count). The van der Waals surface area contributed by atoms with Crippen LogP contribution in [0, 0.1) is 0 Å². The maximum absolute atomic E-state index is 6.11. The van der Waals surface area contributed by atoms with Crippen molar-refractivity contribution in [3.8, 4) is 0 Å². The highest BCUT2D eigenvalue weighted by Gasteiger charge is 2.06. The van der Waals surface area contributed by atoms with E-state index < -0.39 is 0 Å². The molecule has 0 bridgehead atoms. The Kier molecular flexibility index (Phi) is 7.41. The Bertz CT molecular complexity index is 377. The second kappa shape index (κ2) is 8.58. The molecule has 0 heterocycles. The predicted octanol–water partition coefficient (Wildman–Crippen LogP) is 5.00. The first-order valence-corrected chi connectivity index (χ1v) is 7.19. The smallest absolute Gasteiger partial charge is 0.0595 e. The van der Waals surface area contributed by atoms with Gasteiger partial charge in [-0.25, -0.2) is 0 Å². The van der Waals surface area contributed by atoms with E-state index in [1.807, 2.05) is 24.3 Å². The molecule has 0 radical (unpaired) electrons. The summed E-state index contributed by atoms with van der Waals surface area (Å²) in [6.45, 7) is 3.72. The van der Waals surface area contributed by atoms with Gasteiger partial charge < -0.3 is 5.73 Å². The standard InChI is InChI=1S/C15H21Cl2N/c1-2-3-4-5-6-7-13(18)10-12-8-9-14(16)15(17)11-12/h2,8-9,11,13H,1,3-7,10,18H2. The lowest BCUT2D eigenvalue weighted by molar-refractivity contribution is 0.551. The van der Waals surface area contributed by atoms with E-state index >= 15 is 0 Å². The summed E-state index contributed by atoms with van der Waals surface area (Å²) in [5.74, 6) is 0. The maximum atomic E-state index is 6.11. The predicted molar refractivity (Wildman–Crippen MR) is 81.4 cm³/mol. The Hall–Kier alpha value is -0.500. The average Bonchev–Trinajstić information content (AvgIpc) is 2.34. The van der Waals surface area contributed by atoms with Crippen molar-refractivity contribution in [2.45, 2.75) is 44.6 Å². The van der Waals surface area contributed by atoms with Gasteiger partial charge in [0.05, 0.1) is 10.0 Å². The van der Waals surface area contributed by atoms with Crippen LogP contribution in [0.5, 0.6) is 0 Å². The average molecular weight is 286 g/mol. The topological polar surface area (TPSA) is 26.0 Å². The molecule has 1 nitrogen and oxygen atoms in total. The molecule has 0 aromatic heterocycles. The molecule has 0 amide bonds. The van der Waals surface area contributed by atoms with Crippen LogP contribution in [-0.2, 0) is 6.42 Å². The van der Waals surface area contributed by atoms with Gasteiger partial charge in [-0.2, -0.15) is 0 Å². The molecule has 3 heteroatoms. The highest BCUT2D eigenvalue weighted by Crippen LogP contribution is 2.23. The molecule has 0 saturated heterocycles. The van der Waals surface area contributed by atoms with Gasteiger partial charge >= 0.3 is 0 Å². The lowest BCUT2D eigenvalue weighted by atomic mass is 10.0. The zero-order valence-corrected chi connectivity index (χ0v) is 12.2. The number of halogens is 2. The van der Waals surface area contributed by atoms with E-state index in [0.29, 0.717) is 10.0 Å². The highest BCUT2D eigenvalue weighted by atomic mass is 35.5. The number of unbranched alkanes of at least 4 members (excludes halogenated alkanes) is 3. The molecule has 0 aliphatic rings. The van der Waals surface area contributed by atoms with E-state index in [1.165, 1.54) is 19.3 Å². The van der Waals surface area contributed by atoms with Crippen LogP contribution < -0.4 is 5.73 Å². The van der Waals surface area contributed by atoms with E-state index in [-0.39, 0.29) is 6.04 Å². The molecule has 0 saturated carbocycles. The lowest BCUT2D eigenvalue weighted by Gasteiger charge is -2.12. The van der Waals surface area contributed by atoms with Crippen LogP contribution in [0.1, 0.15) is 37.7 Å². The van der Waals surface area contributed by atoms with Crippen LogP contribution in [0.3, 0.4) is 0 Å². The molecule has 0 aliphatic carbocycles. The van der Waals surface area contributed by atoms with Crippen molar-refractivity contribution < 1.29 is 0 Å². The number of rotatable bonds is 8.